The zero-order valence-electron chi connectivity index (χ0n) is 32.7. The van der Waals surface area contributed by atoms with Crippen molar-refractivity contribution < 1.29 is 48.1 Å². The summed E-state index contributed by atoms with van der Waals surface area (Å²) >= 11 is 2.20. The zero-order valence-corrected chi connectivity index (χ0v) is 34.8. The Morgan fingerprint density at radius 2 is 1.05 bits per heavy atom. The predicted octanol–water partition coefficient (Wildman–Crippen LogP) is 8.25. The Kier molecular flexibility index (Phi) is 18.4. The molecule has 298 valence electrons. The normalized spacial score (nSPS) is 15.9. The minimum Gasteiger partial charge on any atom is -0.479 e. The summed E-state index contributed by atoms with van der Waals surface area (Å²) in [6, 6.07) is 30.4. The average Bonchev–Trinajstić information content (AvgIpc) is 3.38. The number of methoxy groups -OCH3 is 2. The lowest BCUT2D eigenvalue weighted by molar-refractivity contribution is -0.148. The number of halogens is 1. The standard InChI is InChI=1S/C18H20O4.C14H21BO3.C10H11IO3.CH4/c1-12(19)15-5-4-6-16(11-15)14-7-9-17(10-8-14)22-13(2)18(20)21-3;1-10(16)11-7-6-8-12(9-11)15-17-13(2,3)14(4,5)18-15;1-7(10(12)13-2)14-9-5-3-8(11)4-6-9;/h4-13,19H,1-3H3;6-10,16H,1-5H3;3-7H,1-2H3;1H4/t12-,13+;10-;7-;/m110./s1. The van der Waals surface area contributed by atoms with Crippen LogP contribution in [0.2, 0.25) is 0 Å². The molecule has 0 bridgehead atoms. The van der Waals surface area contributed by atoms with Gasteiger partial charge in [-0.1, -0.05) is 62.0 Å². The maximum absolute atomic E-state index is 11.3. The highest BCUT2D eigenvalue weighted by Gasteiger charge is 2.51. The Balaban J connectivity index is 0.000000290. The van der Waals surface area contributed by atoms with Gasteiger partial charge in [0.25, 0.3) is 0 Å². The van der Waals surface area contributed by atoms with E-state index < -0.39 is 30.4 Å². The van der Waals surface area contributed by atoms with E-state index in [0.29, 0.717) is 11.5 Å². The molecule has 5 rings (SSSR count). The van der Waals surface area contributed by atoms with Crippen molar-refractivity contribution >= 4 is 47.1 Å². The summed E-state index contributed by atoms with van der Waals surface area (Å²) in [6.45, 7) is 14.9. The Morgan fingerprint density at radius 3 is 1.49 bits per heavy atom. The van der Waals surface area contributed by atoms with E-state index in [1.807, 2.05) is 125 Å². The summed E-state index contributed by atoms with van der Waals surface area (Å²) in [5.74, 6) is 0.494. The molecule has 4 aromatic carbocycles. The van der Waals surface area contributed by atoms with Crippen LogP contribution in [0.15, 0.2) is 97.1 Å². The number of hydrogen-bond acceptors (Lipinski definition) is 10. The topological polar surface area (TPSA) is 130 Å². The first-order valence-corrected chi connectivity index (χ1v) is 18.7. The van der Waals surface area contributed by atoms with E-state index in [4.69, 9.17) is 18.8 Å². The van der Waals surface area contributed by atoms with Crippen molar-refractivity contribution in [3.05, 3.63) is 112 Å². The van der Waals surface area contributed by atoms with Gasteiger partial charge >= 0.3 is 19.1 Å². The van der Waals surface area contributed by atoms with Crippen molar-refractivity contribution in [2.45, 2.75) is 98.4 Å². The van der Waals surface area contributed by atoms with Gasteiger partial charge in [-0.05, 0) is 148 Å². The molecule has 1 saturated heterocycles. The number of hydrogen-bond donors (Lipinski definition) is 2. The fourth-order valence-electron chi connectivity index (χ4n) is 5.00. The van der Waals surface area contributed by atoms with Crippen molar-refractivity contribution in [2.75, 3.05) is 14.2 Å². The third-order valence-electron chi connectivity index (χ3n) is 8.98. The number of ether oxygens (including phenoxy) is 4. The van der Waals surface area contributed by atoms with E-state index >= 15 is 0 Å². The highest BCUT2D eigenvalue weighted by Crippen LogP contribution is 2.36. The van der Waals surface area contributed by atoms with Crippen molar-refractivity contribution in [2.24, 2.45) is 0 Å². The van der Waals surface area contributed by atoms with Crippen LogP contribution in [0.5, 0.6) is 11.5 Å². The molecule has 0 saturated carbocycles. The number of aliphatic hydroxyl groups is 2. The summed E-state index contributed by atoms with van der Waals surface area (Å²) in [6.07, 6.45) is -2.19. The fourth-order valence-corrected chi connectivity index (χ4v) is 5.36. The van der Waals surface area contributed by atoms with Gasteiger partial charge in [-0.2, -0.15) is 0 Å². The lowest BCUT2D eigenvalue weighted by Crippen LogP contribution is -2.41. The fraction of sp³-hybridized carbons (Fsp3) is 0.395. The van der Waals surface area contributed by atoms with Gasteiger partial charge in [-0.3, -0.25) is 0 Å². The van der Waals surface area contributed by atoms with Crippen molar-refractivity contribution in [1.29, 1.82) is 0 Å². The second-order valence-electron chi connectivity index (χ2n) is 13.8. The molecule has 55 heavy (non-hydrogen) atoms. The largest absolute Gasteiger partial charge is 0.494 e. The molecule has 1 heterocycles. The Bertz CT molecular complexity index is 1780. The van der Waals surface area contributed by atoms with Gasteiger partial charge in [0, 0.05) is 3.57 Å². The summed E-state index contributed by atoms with van der Waals surface area (Å²) in [5, 5.41) is 19.3. The van der Waals surface area contributed by atoms with Crippen molar-refractivity contribution in [1.82, 2.24) is 0 Å². The molecule has 4 aromatic rings. The summed E-state index contributed by atoms with van der Waals surface area (Å²) < 4.78 is 33.1. The number of esters is 2. The molecular weight excluding hydrogens is 814 g/mol. The smallest absolute Gasteiger partial charge is 0.479 e. The van der Waals surface area contributed by atoms with E-state index in [1.165, 1.54) is 14.2 Å². The quantitative estimate of drug-likeness (QED) is 0.0914. The molecule has 4 atom stereocenters. The summed E-state index contributed by atoms with van der Waals surface area (Å²) in [7, 11) is 2.31. The highest BCUT2D eigenvalue weighted by molar-refractivity contribution is 14.1. The van der Waals surface area contributed by atoms with Crippen LogP contribution >= 0.6 is 22.6 Å². The second-order valence-corrected chi connectivity index (χ2v) is 15.0. The van der Waals surface area contributed by atoms with Gasteiger partial charge in [0.05, 0.1) is 37.6 Å². The predicted molar refractivity (Wildman–Crippen MR) is 225 cm³/mol. The van der Waals surface area contributed by atoms with E-state index in [2.05, 4.69) is 32.1 Å². The third kappa shape index (κ3) is 13.9. The van der Waals surface area contributed by atoms with Crippen LogP contribution in [0.25, 0.3) is 11.1 Å². The van der Waals surface area contributed by atoms with Crippen LogP contribution in [0.3, 0.4) is 0 Å². The molecule has 0 radical (unpaired) electrons. The lowest BCUT2D eigenvalue weighted by atomic mass is 9.78. The van der Waals surface area contributed by atoms with Crippen LogP contribution in [-0.2, 0) is 28.4 Å². The van der Waals surface area contributed by atoms with Crippen LogP contribution in [0.4, 0.5) is 0 Å². The highest BCUT2D eigenvalue weighted by atomic mass is 127. The first-order valence-electron chi connectivity index (χ1n) is 17.6. The van der Waals surface area contributed by atoms with E-state index in [1.54, 1.807) is 27.7 Å². The molecule has 12 heteroatoms. The Hall–Kier alpha value is -3.95. The van der Waals surface area contributed by atoms with Crippen LogP contribution in [0.1, 0.15) is 86.2 Å². The first kappa shape index (κ1) is 47.2. The number of rotatable bonds is 10. The molecule has 0 unspecified atom stereocenters. The Labute approximate surface area is 340 Å². The summed E-state index contributed by atoms with van der Waals surface area (Å²) in [4.78, 5) is 22.4. The molecule has 0 aliphatic carbocycles. The minimum absolute atomic E-state index is 0. The third-order valence-corrected chi connectivity index (χ3v) is 9.70. The van der Waals surface area contributed by atoms with Crippen LogP contribution in [-0.4, -0.2) is 66.9 Å². The molecule has 1 aliphatic heterocycles. The zero-order chi connectivity index (χ0) is 40.2. The van der Waals surface area contributed by atoms with Gasteiger partial charge in [0.15, 0.2) is 12.2 Å². The van der Waals surface area contributed by atoms with Crippen molar-refractivity contribution in [3.8, 4) is 22.6 Å². The molecule has 1 aliphatic rings. The monoisotopic (exact) mass is 870 g/mol. The van der Waals surface area contributed by atoms with E-state index in [-0.39, 0.29) is 31.7 Å². The SMILES string of the molecule is C.COC(=O)[C@H](C)Oc1ccc(-c2cccc([C@@H](C)O)c2)cc1.COC(=O)[C@H](C)Oc1ccc(I)cc1.C[C@@H](O)c1cccc(B2OC(C)(C)C(C)(C)O2)c1. The number of carbonyl (C=O) groups is 2. The van der Waals surface area contributed by atoms with Gasteiger partial charge in [-0.15, -0.1) is 0 Å². The Morgan fingerprint density at radius 1 is 0.636 bits per heavy atom. The van der Waals surface area contributed by atoms with Gasteiger partial charge in [0.1, 0.15) is 11.5 Å². The molecule has 0 spiro atoms. The number of benzene rings is 4. The van der Waals surface area contributed by atoms with Crippen LogP contribution in [0, 0.1) is 3.57 Å². The van der Waals surface area contributed by atoms with Crippen LogP contribution < -0.4 is 14.9 Å². The molecule has 0 aromatic heterocycles. The lowest BCUT2D eigenvalue weighted by Gasteiger charge is -2.32. The number of carbonyl (C=O) groups excluding carboxylic acids is 2. The molecule has 1 fully saturated rings. The van der Waals surface area contributed by atoms with Gasteiger partial charge in [-0.25, -0.2) is 9.59 Å². The number of aliphatic hydroxyl groups excluding tert-OH is 2. The summed E-state index contributed by atoms with van der Waals surface area (Å²) in [5.41, 5.74) is 4.06. The molecular formula is C43H56BIO10. The molecule has 10 nitrogen and oxygen atoms in total. The molecule has 0 amide bonds. The van der Waals surface area contributed by atoms with Crippen molar-refractivity contribution in [3.63, 3.8) is 0 Å². The van der Waals surface area contributed by atoms with Gasteiger partial charge < -0.3 is 38.5 Å². The maximum atomic E-state index is 11.3. The first-order chi connectivity index (χ1) is 25.4. The maximum Gasteiger partial charge on any atom is 0.494 e. The van der Waals surface area contributed by atoms with Gasteiger partial charge in [0.2, 0.25) is 0 Å². The second kappa shape index (κ2) is 21.4. The minimum atomic E-state index is -0.644. The van der Waals surface area contributed by atoms with E-state index in [9.17, 15) is 19.8 Å². The van der Waals surface area contributed by atoms with E-state index in [0.717, 1.165) is 31.3 Å². The average molecular weight is 871 g/mol. The molecule has 2 N–H and O–H groups in total.